The summed E-state index contributed by atoms with van der Waals surface area (Å²) in [7, 11) is 0. The smallest absolute Gasteiger partial charge is 0.222 e. The zero-order chi connectivity index (χ0) is 17.2. The molecule has 0 aromatic carbocycles. The molecule has 1 aliphatic rings. The summed E-state index contributed by atoms with van der Waals surface area (Å²) in [5.74, 6) is 0.154. The van der Waals surface area contributed by atoms with Gasteiger partial charge in [0.25, 0.3) is 0 Å². The van der Waals surface area contributed by atoms with E-state index in [-0.39, 0.29) is 5.91 Å². The van der Waals surface area contributed by atoms with Gasteiger partial charge in [0.15, 0.2) is 0 Å². The van der Waals surface area contributed by atoms with Gasteiger partial charge in [0.2, 0.25) is 5.91 Å². The molecule has 0 aliphatic carbocycles. The number of likely N-dealkylation sites (tertiary alicyclic amines) is 1. The molecular formula is C18H23N3O2S. The molecule has 6 heteroatoms. The van der Waals surface area contributed by atoms with Crippen LogP contribution in [0.1, 0.15) is 41.1 Å². The second-order valence-electron chi connectivity index (χ2n) is 6.49. The summed E-state index contributed by atoms with van der Waals surface area (Å²) >= 11 is 1.61. The molecule has 0 spiro atoms. The topological polar surface area (TPSA) is 66.3 Å². The van der Waals surface area contributed by atoms with Crippen molar-refractivity contribution < 1.29 is 9.90 Å². The number of carbonyl (C=O) groups excluding carboxylic acids is 1. The first kappa shape index (κ1) is 17.0. The summed E-state index contributed by atoms with van der Waals surface area (Å²) in [5, 5.41) is 10.8. The first-order chi connectivity index (χ1) is 11.5. The SMILES string of the molecule is Cc1ccc(C2(O)CCN(C(=O)CCc3scnc3C)CC2)nc1. The Hall–Kier alpha value is -1.79. The molecule has 1 aliphatic heterocycles. The summed E-state index contributed by atoms with van der Waals surface area (Å²) in [4.78, 5) is 24.0. The normalized spacial score (nSPS) is 17.0. The Morgan fingerprint density at radius 1 is 1.29 bits per heavy atom. The first-order valence-electron chi connectivity index (χ1n) is 8.30. The fraction of sp³-hybridized carbons (Fsp3) is 0.500. The number of carbonyl (C=O) groups is 1. The Labute approximate surface area is 146 Å². The second-order valence-corrected chi connectivity index (χ2v) is 7.43. The van der Waals surface area contributed by atoms with E-state index in [9.17, 15) is 9.90 Å². The first-order valence-corrected chi connectivity index (χ1v) is 9.18. The molecule has 1 N–H and O–H groups in total. The van der Waals surface area contributed by atoms with Crippen LogP contribution in [0.3, 0.4) is 0 Å². The number of hydrogen-bond acceptors (Lipinski definition) is 5. The Balaban J connectivity index is 1.55. The van der Waals surface area contributed by atoms with Crippen molar-refractivity contribution in [1.82, 2.24) is 14.9 Å². The highest BCUT2D eigenvalue weighted by Gasteiger charge is 2.36. The van der Waals surface area contributed by atoms with Gasteiger partial charge in [-0.1, -0.05) is 6.07 Å². The van der Waals surface area contributed by atoms with Crippen LogP contribution in [0.15, 0.2) is 23.8 Å². The largest absolute Gasteiger partial charge is 0.383 e. The van der Waals surface area contributed by atoms with Crippen LogP contribution in [0.4, 0.5) is 0 Å². The Bertz CT molecular complexity index is 703. The predicted octanol–water partition coefficient (Wildman–Crippen LogP) is 2.60. The van der Waals surface area contributed by atoms with Crippen LogP contribution < -0.4 is 0 Å². The number of rotatable bonds is 4. The zero-order valence-electron chi connectivity index (χ0n) is 14.2. The van der Waals surface area contributed by atoms with Gasteiger partial charge in [0, 0.05) is 30.6 Å². The minimum atomic E-state index is -0.918. The summed E-state index contributed by atoms with van der Waals surface area (Å²) in [6, 6.07) is 3.86. The fourth-order valence-electron chi connectivity index (χ4n) is 3.07. The van der Waals surface area contributed by atoms with Gasteiger partial charge in [-0.25, -0.2) is 4.98 Å². The van der Waals surface area contributed by atoms with Crippen molar-refractivity contribution in [1.29, 1.82) is 0 Å². The van der Waals surface area contributed by atoms with Crippen molar-refractivity contribution in [3.63, 3.8) is 0 Å². The maximum absolute atomic E-state index is 12.4. The number of nitrogens with zero attached hydrogens (tertiary/aromatic N) is 3. The molecule has 0 radical (unpaired) electrons. The van der Waals surface area contributed by atoms with Gasteiger partial charge in [-0.05, 0) is 44.7 Å². The van der Waals surface area contributed by atoms with Crippen molar-refractivity contribution in [2.24, 2.45) is 0 Å². The van der Waals surface area contributed by atoms with Crippen molar-refractivity contribution in [3.8, 4) is 0 Å². The molecular weight excluding hydrogens is 322 g/mol. The highest BCUT2D eigenvalue weighted by molar-refractivity contribution is 7.09. The van der Waals surface area contributed by atoms with Crippen LogP contribution in [0.25, 0.3) is 0 Å². The fourth-order valence-corrected chi connectivity index (χ4v) is 3.85. The highest BCUT2D eigenvalue weighted by Crippen LogP contribution is 2.32. The van der Waals surface area contributed by atoms with Gasteiger partial charge in [0.05, 0.1) is 16.9 Å². The lowest BCUT2D eigenvalue weighted by molar-refractivity contribution is -0.135. The number of amides is 1. The molecule has 0 atom stereocenters. The van der Waals surface area contributed by atoms with Crippen LogP contribution in [-0.4, -0.2) is 39.0 Å². The lowest BCUT2D eigenvalue weighted by atomic mass is 9.87. The van der Waals surface area contributed by atoms with E-state index >= 15 is 0 Å². The minimum Gasteiger partial charge on any atom is -0.383 e. The van der Waals surface area contributed by atoms with Crippen molar-refractivity contribution >= 4 is 17.2 Å². The van der Waals surface area contributed by atoms with Gasteiger partial charge >= 0.3 is 0 Å². The molecule has 0 bridgehead atoms. The van der Waals surface area contributed by atoms with Crippen LogP contribution in [0.5, 0.6) is 0 Å². The average molecular weight is 345 g/mol. The van der Waals surface area contributed by atoms with E-state index in [0.29, 0.717) is 38.0 Å². The molecule has 2 aromatic heterocycles. The molecule has 0 unspecified atom stereocenters. The van der Waals surface area contributed by atoms with Crippen LogP contribution in [0, 0.1) is 13.8 Å². The lowest BCUT2D eigenvalue weighted by Gasteiger charge is -2.38. The maximum atomic E-state index is 12.4. The molecule has 0 saturated carbocycles. The van der Waals surface area contributed by atoms with E-state index in [4.69, 9.17) is 0 Å². The number of aliphatic hydroxyl groups is 1. The van der Waals surface area contributed by atoms with E-state index in [2.05, 4.69) is 9.97 Å². The number of hydrogen-bond donors (Lipinski definition) is 1. The van der Waals surface area contributed by atoms with E-state index < -0.39 is 5.60 Å². The van der Waals surface area contributed by atoms with E-state index in [1.54, 1.807) is 17.5 Å². The molecule has 1 saturated heterocycles. The highest BCUT2D eigenvalue weighted by atomic mass is 32.1. The number of thiazole rings is 1. The molecule has 24 heavy (non-hydrogen) atoms. The Morgan fingerprint density at radius 2 is 2.04 bits per heavy atom. The summed E-state index contributed by atoms with van der Waals surface area (Å²) < 4.78 is 0. The van der Waals surface area contributed by atoms with Crippen molar-refractivity contribution in [2.75, 3.05) is 13.1 Å². The van der Waals surface area contributed by atoms with Crippen LogP contribution >= 0.6 is 11.3 Å². The predicted molar refractivity (Wildman–Crippen MR) is 93.9 cm³/mol. The van der Waals surface area contributed by atoms with Gasteiger partial charge < -0.3 is 10.0 Å². The van der Waals surface area contributed by atoms with E-state index in [1.807, 2.05) is 36.4 Å². The third kappa shape index (κ3) is 3.65. The summed E-state index contributed by atoms with van der Waals surface area (Å²) in [6.07, 6.45) is 4.10. The van der Waals surface area contributed by atoms with Crippen LogP contribution in [0.2, 0.25) is 0 Å². The number of pyridine rings is 1. The molecule has 3 heterocycles. The van der Waals surface area contributed by atoms with Crippen molar-refractivity contribution in [2.45, 2.75) is 45.1 Å². The van der Waals surface area contributed by atoms with E-state index in [1.165, 1.54) is 4.88 Å². The Kier molecular flexibility index (Phi) is 4.96. The maximum Gasteiger partial charge on any atom is 0.222 e. The monoisotopic (exact) mass is 345 g/mol. The second kappa shape index (κ2) is 6.99. The number of aryl methyl sites for hydroxylation is 3. The van der Waals surface area contributed by atoms with Gasteiger partial charge in [-0.3, -0.25) is 9.78 Å². The minimum absolute atomic E-state index is 0.154. The molecule has 128 valence electrons. The standard InChI is InChI=1S/C18H23N3O2S/c1-13-3-5-16(19-11-13)18(23)7-9-21(10-8-18)17(22)6-4-15-14(2)20-12-24-15/h3,5,11-12,23H,4,6-10H2,1-2H3. The van der Waals surface area contributed by atoms with Gasteiger partial charge in [0.1, 0.15) is 5.60 Å². The lowest BCUT2D eigenvalue weighted by Crippen LogP contribution is -2.45. The number of aromatic nitrogens is 2. The zero-order valence-corrected chi connectivity index (χ0v) is 15.0. The summed E-state index contributed by atoms with van der Waals surface area (Å²) in [5.41, 5.74) is 3.71. The molecule has 3 rings (SSSR count). The third-order valence-electron chi connectivity index (χ3n) is 4.74. The van der Waals surface area contributed by atoms with E-state index in [0.717, 1.165) is 17.7 Å². The van der Waals surface area contributed by atoms with Gasteiger partial charge in [-0.2, -0.15) is 0 Å². The molecule has 5 nitrogen and oxygen atoms in total. The van der Waals surface area contributed by atoms with Gasteiger partial charge in [-0.15, -0.1) is 11.3 Å². The van der Waals surface area contributed by atoms with Crippen molar-refractivity contribution in [3.05, 3.63) is 45.7 Å². The molecule has 2 aromatic rings. The third-order valence-corrected chi connectivity index (χ3v) is 5.74. The average Bonchev–Trinajstić information content (AvgIpc) is 2.99. The summed E-state index contributed by atoms with van der Waals surface area (Å²) in [6.45, 7) is 5.11. The quantitative estimate of drug-likeness (QED) is 0.925. The molecule has 1 fully saturated rings. The Morgan fingerprint density at radius 3 is 2.62 bits per heavy atom. The molecule has 1 amide bonds. The van der Waals surface area contributed by atoms with Crippen LogP contribution in [-0.2, 0) is 16.8 Å². The number of piperidine rings is 1.